The van der Waals surface area contributed by atoms with Gasteiger partial charge in [0, 0.05) is 44.7 Å². The van der Waals surface area contributed by atoms with Crippen LogP contribution >= 0.6 is 0 Å². The number of nitrogens with zero attached hydrogens (tertiary/aromatic N) is 4. The molecule has 6 nitrogen and oxygen atoms in total. The Morgan fingerprint density at radius 3 is 2.81 bits per heavy atom. The van der Waals surface area contributed by atoms with Gasteiger partial charge in [0.05, 0.1) is 5.69 Å². The van der Waals surface area contributed by atoms with E-state index in [0.29, 0.717) is 30.2 Å². The number of nitrogens with one attached hydrogen (secondary N) is 1. The Morgan fingerprint density at radius 1 is 1.19 bits per heavy atom. The highest BCUT2D eigenvalue weighted by atomic mass is 16.2. The SMILES string of the molecule is CNc1nc(N2CC[C@@H]3[C@@H](CCC(=O)N3CC(C)C)C2)nc2c1CCC2. The summed E-state index contributed by atoms with van der Waals surface area (Å²) in [4.78, 5) is 26.7. The molecule has 4 rings (SSSR count). The van der Waals surface area contributed by atoms with Crippen LogP contribution in [0.1, 0.15) is 50.8 Å². The molecule has 2 atom stereocenters. The molecule has 1 aromatic rings. The van der Waals surface area contributed by atoms with E-state index in [2.05, 4.69) is 29.0 Å². The van der Waals surface area contributed by atoms with Crippen molar-refractivity contribution in [2.75, 3.05) is 36.9 Å². The lowest BCUT2D eigenvalue weighted by atomic mass is 9.83. The Bertz CT molecular complexity index is 689. The first-order valence-electron chi connectivity index (χ1n) is 10.2. The molecular weight excluding hydrogens is 326 g/mol. The average Bonchev–Trinajstić information content (AvgIpc) is 3.11. The fraction of sp³-hybridized carbons (Fsp3) is 0.750. The standard InChI is InChI=1S/C20H31N5O/c1-13(2)11-25-17-9-10-24(12-14(17)7-8-18(25)26)20-22-16-6-4-5-15(16)19(21-3)23-20/h13-14,17H,4-12H2,1-3H3,(H,21,22,23)/t14-,17+/m0/s1. The normalized spacial score (nSPS) is 25.5. The Morgan fingerprint density at radius 2 is 2.04 bits per heavy atom. The predicted molar refractivity (Wildman–Crippen MR) is 103 cm³/mol. The van der Waals surface area contributed by atoms with Gasteiger partial charge >= 0.3 is 0 Å². The average molecular weight is 358 g/mol. The smallest absolute Gasteiger partial charge is 0.227 e. The molecule has 0 aromatic carbocycles. The van der Waals surface area contributed by atoms with E-state index < -0.39 is 0 Å². The summed E-state index contributed by atoms with van der Waals surface area (Å²) in [5.41, 5.74) is 2.53. The van der Waals surface area contributed by atoms with Crippen LogP contribution in [0, 0.1) is 11.8 Å². The molecule has 3 heterocycles. The topological polar surface area (TPSA) is 61.4 Å². The van der Waals surface area contributed by atoms with Crippen LogP contribution in [0.3, 0.4) is 0 Å². The van der Waals surface area contributed by atoms with Crippen molar-refractivity contribution in [1.82, 2.24) is 14.9 Å². The zero-order valence-electron chi connectivity index (χ0n) is 16.3. The summed E-state index contributed by atoms with van der Waals surface area (Å²) in [5.74, 6) is 3.29. The number of fused-ring (bicyclic) bond motifs is 2. The number of piperidine rings is 2. The van der Waals surface area contributed by atoms with E-state index in [1.54, 1.807) is 0 Å². The van der Waals surface area contributed by atoms with Gasteiger partial charge in [0.25, 0.3) is 0 Å². The van der Waals surface area contributed by atoms with Gasteiger partial charge in [-0.25, -0.2) is 4.98 Å². The van der Waals surface area contributed by atoms with Crippen molar-refractivity contribution in [3.63, 3.8) is 0 Å². The third-order valence-electron chi connectivity index (χ3n) is 6.15. The van der Waals surface area contributed by atoms with Crippen LogP contribution in [0.2, 0.25) is 0 Å². The summed E-state index contributed by atoms with van der Waals surface area (Å²) in [5, 5.41) is 3.27. The molecule has 0 spiro atoms. The number of rotatable bonds is 4. The van der Waals surface area contributed by atoms with Crippen LogP contribution in [0.4, 0.5) is 11.8 Å². The monoisotopic (exact) mass is 357 g/mol. The lowest BCUT2D eigenvalue weighted by molar-refractivity contribution is -0.140. The van der Waals surface area contributed by atoms with Gasteiger partial charge in [-0.1, -0.05) is 13.8 Å². The van der Waals surface area contributed by atoms with Gasteiger partial charge < -0.3 is 15.1 Å². The largest absolute Gasteiger partial charge is 0.373 e. The molecule has 2 fully saturated rings. The van der Waals surface area contributed by atoms with Crippen LogP contribution in [0.5, 0.6) is 0 Å². The molecule has 26 heavy (non-hydrogen) atoms. The second-order valence-corrected chi connectivity index (χ2v) is 8.44. The minimum absolute atomic E-state index is 0.347. The minimum atomic E-state index is 0.347. The molecule has 1 N–H and O–H groups in total. The Hall–Kier alpha value is -1.85. The second kappa shape index (κ2) is 7.05. The Kier molecular flexibility index (Phi) is 4.76. The zero-order valence-corrected chi connectivity index (χ0v) is 16.3. The Labute approximate surface area is 156 Å². The van der Waals surface area contributed by atoms with Crippen LogP contribution in [-0.2, 0) is 17.6 Å². The number of hydrogen-bond donors (Lipinski definition) is 1. The quantitative estimate of drug-likeness (QED) is 0.897. The summed E-state index contributed by atoms with van der Waals surface area (Å²) < 4.78 is 0. The van der Waals surface area contributed by atoms with Crippen LogP contribution in [-0.4, -0.2) is 53.5 Å². The van der Waals surface area contributed by atoms with Crippen LogP contribution in [0.15, 0.2) is 0 Å². The van der Waals surface area contributed by atoms with E-state index in [9.17, 15) is 4.79 Å². The first kappa shape index (κ1) is 17.6. The molecule has 1 aliphatic carbocycles. The molecule has 0 radical (unpaired) electrons. The van der Waals surface area contributed by atoms with Crippen molar-refractivity contribution in [3.8, 4) is 0 Å². The zero-order chi connectivity index (χ0) is 18.3. The molecule has 0 unspecified atom stereocenters. The molecule has 1 aromatic heterocycles. The van der Waals surface area contributed by atoms with Crippen molar-refractivity contribution in [1.29, 1.82) is 0 Å². The van der Waals surface area contributed by atoms with Crippen molar-refractivity contribution >= 4 is 17.7 Å². The molecule has 1 amide bonds. The van der Waals surface area contributed by atoms with Crippen molar-refractivity contribution < 1.29 is 4.79 Å². The molecule has 0 saturated carbocycles. The number of aryl methyl sites for hydroxylation is 1. The van der Waals surface area contributed by atoms with Crippen molar-refractivity contribution in [2.45, 2.75) is 58.4 Å². The highest BCUT2D eigenvalue weighted by Crippen LogP contribution is 2.34. The van der Waals surface area contributed by atoms with Gasteiger partial charge in [-0.05, 0) is 43.9 Å². The number of anilines is 2. The summed E-state index contributed by atoms with van der Waals surface area (Å²) in [6.07, 6.45) is 6.05. The van der Waals surface area contributed by atoms with E-state index in [4.69, 9.17) is 9.97 Å². The summed E-state index contributed by atoms with van der Waals surface area (Å²) in [6, 6.07) is 0.396. The lowest BCUT2D eigenvalue weighted by Crippen LogP contribution is -2.57. The van der Waals surface area contributed by atoms with Crippen LogP contribution < -0.4 is 10.2 Å². The van der Waals surface area contributed by atoms with Gasteiger partial charge in [0.1, 0.15) is 5.82 Å². The third-order valence-corrected chi connectivity index (χ3v) is 6.15. The van der Waals surface area contributed by atoms with Gasteiger partial charge in [-0.3, -0.25) is 4.79 Å². The van der Waals surface area contributed by atoms with Gasteiger partial charge in [-0.2, -0.15) is 4.98 Å². The maximum absolute atomic E-state index is 12.4. The third kappa shape index (κ3) is 3.14. The van der Waals surface area contributed by atoms with Gasteiger partial charge in [-0.15, -0.1) is 0 Å². The first-order valence-corrected chi connectivity index (χ1v) is 10.2. The molecule has 0 bridgehead atoms. The second-order valence-electron chi connectivity index (χ2n) is 8.44. The van der Waals surface area contributed by atoms with Crippen LogP contribution in [0.25, 0.3) is 0 Å². The highest BCUT2D eigenvalue weighted by Gasteiger charge is 2.40. The molecule has 2 aliphatic heterocycles. The van der Waals surface area contributed by atoms with Crippen molar-refractivity contribution in [2.24, 2.45) is 11.8 Å². The maximum atomic E-state index is 12.4. The summed E-state index contributed by atoms with van der Waals surface area (Å²) in [6.45, 7) is 7.19. The van der Waals surface area contributed by atoms with Crippen molar-refractivity contribution in [3.05, 3.63) is 11.3 Å². The van der Waals surface area contributed by atoms with E-state index >= 15 is 0 Å². The Balaban J connectivity index is 1.53. The summed E-state index contributed by atoms with van der Waals surface area (Å²) in [7, 11) is 1.95. The number of carbonyl (C=O) groups is 1. The predicted octanol–water partition coefficient (Wildman–Crippen LogP) is 2.48. The van der Waals surface area contributed by atoms with E-state index in [-0.39, 0.29) is 0 Å². The number of amides is 1. The molecule has 3 aliphatic rings. The lowest BCUT2D eigenvalue weighted by Gasteiger charge is -2.47. The highest BCUT2D eigenvalue weighted by molar-refractivity contribution is 5.77. The fourth-order valence-electron chi connectivity index (χ4n) is 4.93. The fourth-order valence-corrected chi connectivity index (χ4v) is 4.93. The molecular formula is C20H31N5O. The van der Waals surface area contributed by atoms with E-state index in [1.165, 1.54) is 17.7 Å². The van der Waals surface area contributed by atoms with Gasteiger partial charge in [0.15, 0.2) is 0 Å². The minimum Gasteiger partial charge on any atom is -0.373 e. The molecule has 2 saturated heterocycles. The summed E-state index contributed by atoms with van der Waals surface area (Å²) >= 11 is 0. The number of likely N-dealkylation sites (tertiary alicyclic amines) is 1. The maximum Gasteiger partial charge on any atom is 0.227 e. The molecule has 142 valence electrons. The van der Waals surface area contributed by atoms with E-state index in [0.717, 1.165) is 57.1 Å². The number of carbonyl (C=O) groups excluding carboxylic acids is 1. The number of hydrogen-bond acceptors (Lipinski definition) is 5. The first-order chi connectivity index (χ1) is 12.6. The van der Waals surface area contributed by atoms with E-state index in [1.807, 2.05) is 7.05 Å². The van der Waals surface area contributed by atoms with Gasteiger partial charge in [0.2, 0.25) is 11.9 Å². The molecule has 6 heteroatoms. The number of aromatic nitrogens is 2.